The molecule has 2 rings (SSSR count). The zero-order chi connectivity index (χ0) is 12.3. The lowest BCUT2D eigenvalue weighted by molar-refractivity contribution is 0.462. The van der Waals surface area contributed by atoms with Crippen LogP contribution in [0.2, 0.25) is 0 Å². The maximum Gasteiger partial charge on any atom is 0.150 e. The molecule has 17 heavy (non-hydrogen) atoms. The molecule has 0 radical (unpaired) electrons. The summed E-state index contributed by atoms with van der Waals surface area (Å²) < 4.78 is 22.6. The van der Waals surface area contributed by atoms with E-state index in [4.69, 9.17) is 5.73 Å². The zero-order valence-electron chi connectivity index (χ0n) is 9.76. The highest BCUT2D eigenvalue weighted by Gasteiger charge is 2.24. The number of sulfone groups is 1. The molecule has 0 atom stereocenters. The van der Waals surface area contributed by atoms with Crippen molar-refractivity contribution in [1.29, 1.82) is 0 Å². The van der Waals surface area contributed by atoms with Crippen molar-refractivity contribution in [3.8, 4) is 0 Å². The highest BCUT2D eigenvalue weighted by atomic mass is 32.2. The standard InChI is InChI=1S/C11H18N2O2S2/c12-4-1-10-8-13-11(16-10)7-9-2-5-17(14,15)6-3-9/h8-9H,1-7,12H2. The normalized spacial score (nSPS) is 20.5. The van der Waals surface area contributed by atoms with Crippen molar-refractivity contribution in [2.45, 2.75) is 25.7 Å². The van der Waals surface area contributed by atoms with Crippen LogP contribution in [-0.2, 0) is 22.7 Å². The average Bonchev–Trinajstić information content (AvgIpc) is 2.70. The van der Waals surface area contributed by atoms with Crippen LogP contribution in [0.1, 0.15) is 22.7 Å². The second-order valence-corrected chi connectivity index (χ2v) is 8.06. The summed E-state index contributed by atoms with van der Waals surface area (Å²) in [5, 5.41) is 1.12. The molecule has 96 valence electrons. The summed E-state index contributed by atoms with van der Waals surface area (Å²) in [4.78, 5) is 5.61. The fraction of sp³-hybridized carbons (Fsp3) is 0.727. The Hall–Kier alpha value is -0.460. The van der Waals surface area contributed by atoms with Gasteiger partial charge in [-0.15, -0.1) is 11.3 Å². The van der Waals surface area contributed by atoms with Gasteiger partial charge in [0.2, 0.25) is 0 Å². The van der Waals surface area contributed by atoms with Crippen molar-refractivity contribution in [3.05, 3.63) is 16.1 Å². The Morgan fingerprint density at radius 3 is 2.76 bits per heavy atom. The molecule has 2 N–H and O–H groups in total. The number of nitrogens with zero attached hydrogens (tertiary/aromatic N) is 1. The highest BCUT2D eigenvalue weighted by molar-refractivity contribution is 7.91. The van der Waals surface area contributed by atoms with Gasteiger partial charge in [-0.1, -0.05) is 0 Å². The van der Waals surface area contributed by atoms with Gasteiger partial charge in [-0.3, -0.25) is 0 Å². The van der Waals surface area contributed by atoms with Gasteiger partial charge in [0, 0.05) is 17.5 Å². The molecule has 1 aliphatic rings. The Bertz CT molecular complexity index is 454. The van der Waals surface area contributed by atoms with Crippen molar-refractivity contribution >= 4 is 21.2 Å². The molecule has 6 heteroatoms. The first kappa shape index (κ1) is 13.0. The van der Waals surface area contributed by atoms with Crippen molar-refractivity contribution in [2.24, 2.45) is 11.7 Å². The van der Waals surface area contributed by atoms with Crippen LogP contribution >= 0.6 is 11.3 Å². The quantitative estimate of drug-likeness (QED) is 0.889. The summed E-state index contributed by atoms with van der Waals surface area (Å²) >= 11 is 1.71. The highest BCUT2D eigenvalue weighted by Crippen LogP contribution is 2.25. The van der Waals surface area contributed by atoms with E-state index in [1.54, 1.807) is 11.3 Å². The van der Waals surface area contributed by atoms with Gasteiger partial charge in [0.25, 0.3) is 0 Å². The minimum Gasteiger partial charge on any atom is -0.330 e. The van der Waals surface area contributed by atoms with E-state index in [9.17, 15) is 8.42 Å². The van der Waals surface area contributed by atoms with E-state index < -0.39 is 9.84 Å². The monoisotopic (exact) mass is 274 g/mol. The molecule has 0 aromatic carbocycles. The van der Waals surface area contributed by atoms with Crippen molar-refractivity contribution in [1.82, 2.24) is 4.98 Å². The molecule has 4 nitrogen and oxygen atoms in total. The van der Waals surface area contributed by atoms with Crippen LogP contribution in [0.4, 0.5) is 0 Å². The number of rotatable bonds is 4. The summed E-state index contributed by atoms with van der Waals surface area (Å²) in [6.45, 7) is 0.656. The van der Waals surface area contributed by atoms with Gasteiger partial charge in [-0.2, -0.15) is 0 Å². The molecule has 1 aliphatic heterocycles. The van der Waals surface area contributed by atoms with Gasteiger partial charge in [0.05, 0.1) is 16.5 Å². The molecule has 0 saturated carbocycles. The second-order valence-electron chi connectivity index (χ2n) is 4.56. The number of hydrogen-bond donors (Lipinski definition) is 1. The Morgan fingerprint density at radius 2 is 2.12 bits per heavy atom. The summed E-state index contributed by atoms with van der Waals surface area (Å²) in [5.74, 6) is 1.17. The predicted molar refractivity (Wildman–Crippen MR) is 70.0 cm³/mol. The van der Waals surface area contributed by atoms with Gasteiger partial charge >= 0.3 is 0 Å². The molecule has 0 amide bonds. The molecular weight excluding hydrogens is 256 g/mol. The van der Waals surface area contributed by atoms with Crippen LogP contribution in [0.3, 0.4) is 0 Å². The molecule has 2 heterocycles. The third-order valence-corrected chi connectivity index (χ3v) is 5.92. The summed E-state index contributed by atoms with van der Waals surface area (Å²) in [6.07, 6.45) is 5.27. The lowest BCUT2D eigenvalue weighted by Crippen LogP contribution is -2.24. The molecule has 1 aromatic rings. The van der Waals surface area contributed by atoms with Gasteiger partial charge in [-0.25, -0.2) is 13.4 Å². The zero-order valence-corrected chi connectivity index (χ0v) is 11.4. The van der Waals surface area contributed by atoms with Gasteiger partial charge in [0.1, 0.15) is 9.84 Å². The van der Waals surface area contributed by atoms with E-state index in [-0.39, 0.29) is 0 Å². The first-order valence-corrected chi connectivity index (χ1v) is 8.57. The minimum atomic E-state index is -2.74. The number of nitrogens with two attached hydrogens (primary N) is 1. The Balaban J connectivity index is 1.88. The summed E-state index contributed by atoms with van der Waals surface area (Å²) in [5.41, 5.74) is 5.50. The molecular formula is C11H18N2O2S2. The number of aromatic nitrogens is 1. The van der Waals surface area contributed by atoms with Crippen molar-refractivity contribution < 1.29 is 8.42 Å². The van der Waals surface area contributed by atoms with Crippen molar-refractivity contribution in [2.75, 3.05) is 18.1 Å². The molecule has 0 spiro atoms. The first-order chi connectivity index (χ1) is 8.09. The largest absolute Gasteiger partial charge is 0.330 e. The molecule has 1 fully saturated rings. The lowest BCUT2D eigenvalue weighted by atomic mass is 9.99. The van der Waals surface area contributed by atoms with E-state index in [1.807, 2.05) is 6.20 Å². The number of hydrogen-bond acceptors (Lipinski definition) is 5. The smallest absolute Gasteiger partial charge is 0.150 e. The topological polar surface area (TPSA) is 73.0 Å². The Morgan fingerprint density at radius 1 is 1.41 bits per heavy atom. The average molecular weight is 274 g/mol. The molecule has 1 saturated heterocycles. The van der Waals surface area contributed by atoms with Crippen LogP contribution in [0.25, 0.3) is 0 Å². The third kappa shape index (κ3) is 3.76. The SMILES string of the molecule is NCCc1cnc(CC2CCS(=O)(=O)CC2)s1. The number of thiazole rings is 1. The van der Waals surface area contributed by atoms with E-state index in [0.29, 0.717) is 24.0 Å². The van der Waals surface area contributed by atoms with Gasteiger partial charge < -0.3 is 5.73 Å². The molecule has 0 unspecified atom stereocenters. The van der Waals surface area contributed by atoms with Crippen LogP contribution in [0, 0.1) is 5.92 Å². The second kappa shape index (κ2) is 5.46. The predicted octanol–water partition coefficient (Wildman–Crippen LogP) is 1.01. The van der Waals surface area contributed by atoms with Crippen molar-refractivity contribution in [3.63, 3.8) is 0 Å². The van der Waals surface area contributed by atoms with Crippen LogP contribution in [0.5, 0.6) is 0 Å². The fourth-order valence-corrected chi connectivity index (χ4v) is 4.73. The lowest BCUT2D eigenvalue weighted by Gasteiger charge is -2.20. The first-order valence-electron chi connectivity index (χ1n) is 5.93. The van der Waals surface area contributed by atoms with E-state index in [0.717, 1.165) is 30.7 Å². The molecule has 1 aromatic heterocycles. The van der Waals surface area contributed by atoms with Crippen LogP contribution < -0.4 is 5.73 Å². The third-order valence-electron chi connectivity index (χ3n) is 3.13. The Labute approximate surface area is 106 Å². The van der Waals surface area contributed by atoms with E-state index >= 15 is 0 Å². The Kier molecular flexibility index (Phi) is 4.17. The van der Waals surface area contributed by atoms with E-state index in [2.05, 4.69) is 4.98 Å². The van der Waals surface area contributed by atoms with Crippen LogP contribution in [0.15, 0.2) is 6.20 Å². The van der Waals surface area contributed by atoms with E-state index in [1.165, 1.54) is 4.88 Å². The van der Waals surface area contributed by atoms with Gasteiger partial charge in [-0.05, 0) is 31.7 Å². The maximum absolute atomic E-state index is 11.3. The maximum atomic E-state index is 11.3. The fourth-order valence-electron chi connectivity index (χ4n) is 2.09. The molecule has 0 bridgehead atoms. The summed E-state index contributed by atoms with van der Waals surface area (Å²) in [7, 11) is -2.74. The summed E-state index contributed by atoms with van der Waals surface area (Å²) in [6, 6.07) is 0. The minimum absolute atomic E-state index is 0.346. The van der Waals surface area contributed by atoms with Crippen LogP contribution in [-0.4, -0.2) is 31.5 Å². The van der Waals surface area contributed by atoms with Gasteiger partial charge in [0.15, 0.2) is 0 Å². The molecule has 0 aliphatic carbocycles.